The minimum absolute atomic E-state index is 0.0173. The van der Waals surface area contributed by atoms with Crippen LogP contribution in [0.1, 0.15) is 37.7 Å². The zero-order valence-electron chi connectivity index (χ0n) is 12.4. The summed E-state index contributed by atoms with van der Waals surface area (Å²) in [4.78, 5) is 4.56. The molecule has 112 valence electrons. The Morgan fingerprint density at radius 1 is 1.38 bits per heavy atom. The van der Waals surface area contributed by atoms with E-state index in [4.69, 9.17) is 4.74 Å². The van der Waals surface area contributed by atoms with E-state index < -0.39 is 0 Å². The summed E-state index contributed by atoms with van der Waals surface area (Å²) in [5.74, 6) is 1.90. The minimum Gasteiger partial charge on any atom is -0.493 e. The molecule has 4 nitrogen and oxygen atoms in total. The van der Waals surface area contributed by atoms with E-state index in [0.29, 0.717) is 6.54 Å². The van der Waals surface area contributed by atoms with Crippen molar-refractivity contribution in [1.82, 2.24) is 9.36 Å². The Morgan fingerprint density at radius 2 is 2.19 bits per heavy atom. The molecule has 0 bridgehead atoms. The predicted octanol–water partition coefficient (Wildman–Crippen LogP) is 4.15. The van der Waals surface area contributed by atoms with Gasteiger partial charge in [-0.15, -0.1) is 0 Å². The van der Waals surface area contributed by atoms with Crippen molar-refractivity contribution in [2.45, 2.75) is 39.2 Å². The number of nitrogens with one attached hydrogen (secondary N) is 1. The largest absolute Gasteiger partial charge is 0.493 e. The van der Waals surface area contributed by atoms with Gasteiger partial charge in [0.25, 0.3) is 0 Å². The van der Waals surface area contributed by atoms with Gasteiger partial charge in [-0.2, -0.15) is 4.37 Å². The summed E-state index contributed by atoms with van der Waals surface area (Å²) >= 11 is 4.97. The SMILES string of the molecule is CC(C)(C)c1nsc(NCc2cc(Br)cc3c2OCC3)n1. The first-order valence-corrected chi connectivity index (χ1v) is 8.52. The number of nitrogens with zero attached hydrogens (tertiary/aromatic N) is 2. The van der Waals surface area contributed by atoms with Crippen LogP contribution in [0.15, 0.2) is 16.6 Å². The normalized spacial score (nSPS) is 13.9. The second kappa shape index (κ2) is 5.57. The van der Waals surface area contributed by atoms with E-state index in [1.165, 1.54) is 17.1 Å². The van der Waals surface area contributed by atoms with Crippen molar-refractivity contribution in [3.05, 3.63) is 33.6 Å². The zero-order valence-corrected chi connectivity index (χ0v) is 14.8. The second-order valence-electron chi connectivity index (χ2n) is 6.18. The summed E-state index contributed by atoms with van der Waals surface area (Å²) in [6, 6.07) is 4.23. The molecular weight excluding hydrogens is 350 g/mol. The van der Waals surface area contributed by atoms with Crippen LogP contribution in [-0.2, 0) is 18.4 Å². The molecule has 0 saturated carbocycles. The molecule has 0 saturated heterocycles. The van der Waals surface area contributed by atoms with Gasteiger partial charge in [0.15, 0.2) is 0 Å². The summed E-state index contributed by atoms with van der Waals surface area (Å²) in [7, 11) is 0. The van der Waals surface area contributed by atoms with E-state index in [2.05, 4.69) is 63.5 Å². The molecule has 2 heterocycles. The summed E-state index contributed by atoms with van der Waals surface area (Å²) in [5, 5.41) is 4.21. The topological polar surface area (TPSA) is 47.0 Å². The highest BCUT2D eigenvalue weighted by molar-refractivity contribution is 9.10. The second-order valence-corrected chi connectivity index (χ2v) is 7.85. The first-order valence-electron chi connectivity index (χ1n) is 6.95. The van der Waals surface area contributed by atoms with E-state index >= 15 is 0 Å². The summed E-state index contributed by atoms with van der Waals surface area (Å²) in [6.07, 6.45) is 0.981. The van der Waals surface area contributed by atoms with Crippen LogP contribution in [0.2, 0.25) is 0 Å². The van der Waals surface area contributed by atoms with Gasteiger partial charge in [0.2, 0.25) is 5.13 Å². The summed E-state index contributed by atoms with van der Waals surface area (Å²) in [5.41, 5.74) is 2.41. The molecule has 0 atom stereocenters. The van der Waals surface area contributed by atoms with Crippen molar-refractivity contribution in [2.24, 2.45) is 0 Å². The van der Waals surface area contributed by atoms with Gasteiger partial charge >= 0.3 is 0 Å². The lowest BCUT2D eigenvalue weighted by molar-refractivity contribution is 0.354. The highest BCUT2D eigenvalue weighted by Crippen LogP contribution is 2.33. The molecule has 1 aliphatic heterocycles. The Labute approximate surface area is 137 Å². The third kappa shape index (κ3) is 3.21. The van der Waals surface area contributed by atoms with Crippen LogP contribution in [0.5, 0.6) is 5.75 Å². The first-order chi connectivity index (χ1) is 9.93. The highest BCUT2D eigenvalue weighted by atomic mass is 79.9. The van der Waals surface area contributed by atoms with E-state index in [1.807, 2.05) is 0 Å². The molecule has 6 heteroatoms. The predicted molar refractivity (Wildman–Crippen MR) is 89.3 cm³/mol. The highest BCUT2D eigenvalue weighted by Gasteiger charge is 2.20. The molecule has 1 aliphatic rings. The number of anilines is 1. The number of hydrogen-bond acceptors (Lipinski definition) is 5. The lowest BCUT2D eigenvalue weighted by Crippen LogP contribution is -2.13. The van der Waals surface area contributed by atoms with Gasteiger partial charge in [0.1, 0.15) is 11.6 Å². The van der Waals surface area contributed by atoms with Crippen LogP contribution in [0, 0.1) is 0 Å². The fourth-order valence-corrected chi connectivity index (χ4v) is 3.55. The van der Waals surface area contributed by atoms with Crippen LogP contribution in [0.25, 0.3) is 0 Å². The molecule has 0 unspecified atom stereocenters. The number of fused-ring (bicyclic) bond motifs is 1. The van der Waals surface area contributed by atoms with Gasteiger partial charge in [0, 0.05) is 39.9 Å². The molecule has 0 aliphatic carbocycles. The number of aromatic nitrogens is 2. The van der Waals surface area contributed by atoms with Crippen molar-refractivity contribution >= 4 is 32.6 Å². The maximum atomic E-state index is 5.74. The summed E-state index contributed by atoms with van der Waals surface area (Å²) < 4.78 is 11.3. The average Bonchev–Trinajstić information content (AvgIpc) is 3.03. The van der Waals surface area contributed by atoms with E-state index in [-0.39, 0.29) is 5.41 Å². The Hall–Kier alpha value is -1.14. The Balaban J connectivity index is 1.75. The van der Waals surface area contributed by atoms with Crippen molar-refractivity contribution in [1.29, 1.82) is 0 Å². The quantitative estimate of drug-likeness (QED) is 0.884. The third-order valence-electron chi connectivity index (χ3n) is 3.35. The van der Waals surface area contributed by atoms with Crippen LogP contribution >= 0.6 is 27.5 Å². The fraction of sp³-hybridized carbons (Fsp3) is 0.467. The molecule has 2 aromatic rings. The van der Waals surface area contributed by atoms with Gasteiger partial charge in [-0.05, 0) is 17.7 Å². The molecule has 21 heavy (non-hydrogen) atoms. The van der Waals surface area contributed by atoms with Gasteiger partial charge in [-0.1, -0.05) is 36.7 Å². The van der Waals surface area contributed by atoms with Crippen molar-refractivity contribution in [3.8, 4) is 5.75 Å². The van der Waals surface area contributed by atoms with Gasteiger partial charge < -0.3 is 10.1 Å². The molecular formula is C15H18BrN3OS. The molecule has 1 aromatic heterocycles. The van der Waals surface area contributed by atoms with Gasteiger partial charge in [-0.25, -0.2) is 4.98 Å². The van der Waals surface area contributed by atoms with E-state index in [1.54, 1.807) is 0 Å². The van der Waals surface area contributed by atoms with E-state index in [9.17, 15) is 0 Å². The van der Waals surface area contributed by atoms with Crippen molar-refractivity contribution in [2.75, 3.05) is 11.9 Å². The maximum absolute atomic E-state index is 5.74. The Kier molecular flexibility index (Phi) is 3.92. The van der Waals surface area contributed by atoms with Gasteiger partial charge in [0.05, 0.1) is 6.61 Å². The molecule has 1 N–H and O–H groups in total. The number of rotatable bonds is 3. The van der Waals surface area contributed by atoms with Gasteiger partial charge in [-0.3, -0.25) is 0 Å². The smallest absolute Gasteiger partial charge is 0.202 e. The molecule has 0 amide bonds. The monoisotopic (exact) mass is 367 g/mol. The molecule has 0 spiro atoms. The molecule has 0 fully saturated rings. The number of ether oxygens (including phenoxy) is 1. The number of benzene rings is 1. The number of hydrogen-bond donors (Lipinski definition) is 1. The third-order valence-corrected chi connectivity index (χ3v) is 4.48. The average molecular weight is 368 g/mol. The Bertz CT molecular complexity index is 663. The molecule has 3 rings (SSSR count). The van der Waals surface area contributed by atoms with Crippen LogP contribution < -0.4 is 10.1 Å². The standard InChI is InChI=1S/C15H18BrN3OS/c1-15(2,3)13-18-14(21-19-13)17-8-10-7-11(16)6-9-4-5-20-12(9)10/h6-7H,4-5,8H2,1-3H3,(H,17,18,19). The van der Waals surface area contributed by atoms with E-state index in [0.717, 1.165) is 39.8 Å². The lowest BCUT2D eigenvalue weighted by Gasteiger charge is -2.12. The number of halogens is 1. The molecule has 1 aromatic carbocycles. The lowest BCUT2D eigenvalue weighted by atomic mass is 9.96. The van der Waals surface area contributed by atoms with Crippen molar-refractivity contribution < 1.29 is 4.74 Å². The van der Waals surface area contributed by atoms with Crippen LogP contribution in [0.4, 0.5) is 5.13 Å². The Morgan fingerprint density at radius 3 is 2.90 bits per heavy atom. The van der Waals surface area contributed by atoms with Crippen LogP contribution in [0.3, 0.4) is 0 Å². The van der Waals surface area contributed by atoms with Crippen molar-refractivity contribution in [3.63, 3.8) is 0 Å². The minimum atomic E-state index is -0.0173. The van der Waals surface area contributed by atoms with Crippen LogP contribution in [-0.4, -0.2) is 16.0 Å². The first kappa shape index (κ1) is 14.8. The maximum Gasteiger partial charge on any atom is 0.202 e. The zero-order chi connectivity index (χ0) is 15.0. The molecule has 0 radical (unpaired) electrons. The summed E-state index contributed by atoms with van der Waals surface area (Å²) in [6.45, 7) is 7.82. The fourth-order valence-electron chi connectivity index (χ4n) is 2.25.